The van der Waals surface area contributed by atoms with Crippen LogP contribution in [0.1, 0.15) is 12.5 Å². The summed E-state index contributed by atoms with van der Waals surface area (Å²) in [7, 11) is -0.992. The molecule has 0 amide bonds. The van der Waals surface area contributed by atoms with Crippen LogP contribution in [0.2, 0.25) is 0 Å². The first-order chi connectivity index (χ1) is 11.3. The van der Waals surface area contributed by atoms with Gasteiger partial charge in [-0.15, -0.1) is 24.0 Å². The summed E-state index contributed by atoms with van der Waals surface area (Å²) in [5, 5.41) is 3.24. The van der Waals surface area contributed by atoms with E-state index in [1.807, 2.05) is 31.0 Å². The summed E-state index contributed by atoms with van der Waals surface area (Å²) in [6.45, 7) is 4.63. The highest BCUT2D eigenvalue weighted by Crippen LogP contribution is 2.11. The second-order valence-electron chi connectivity index (χ2n) is 5.46. The van der Waals surface area contributed by atoms with Crippen LogP contribution in [0.3, 0.4) is 0 Å². The number of benzene rings is 1. The van der Waals surface area contributed by atoms with E-state index in [-0.39, 0.29) is 36.3 Å². The number of nitrogens with one attached hydrogen (secondary N) is 1. The van der Waals surface area contributed by atoms with E-state index in [1.54, 1.807) is 0 Å². The molecule has 0 aliphatic carbocycles. The highest BCUT2D eigenvalue weighted by Gasteiger charge is 2.06. The van der Waals surface area contributed by atoms with Crippen LogP contribution in [0.15, 0.2) is 33.7 Å². The molecule has 1 aromatic carbocycles. The number of halogens is 2. The van der Waals surface area contributed by atoms with Crippen molar-refractivity contribution in [3.05, 3.63) is 34.3 Å². The standard InChI is InChI=1S/C16H26BrN3O3S.HI/c1-4-18-16(19-9-10-23-11-12-24(3,21)22)20(2)13-14-5-7-15(17)8-6-14;/h5-8H,4,9-13H2,1-3H3,(H,18,19);1H. The molecule has 0 fully saturated rings. The number of guanidine groups is 1. The molecule has 0 saturated heterocycles. The van der Waals surface area contributed by atoms with Crippen LogP contribution >= 0.6 is 39.9 Å². The Bertz CT molecular complexity index is 624. The van der Waals surface area contributed by atoms with Crippen molar-refractivity contribution in [1.82, 2.24) is 10.2 Å². The summed E-state index contributed by atoms with van der Waals surface area (Å²) in [5.74, 6) is 0.840. The van der Waals surface area contributed by atoms with Gasteiger partial charge in [0.05, 0.1) is 25.5 Å². The van der Waals surface area contributed by atoms with Crippen molar-refractivity contribution in [1.29, 1.82) is 0 Å². The van der Waals surface area contributed by atoms with Gasteiger partial charge in [-0.05, 0) is 24.6 Å². The van der Waals surface area contributed by atoms with Crippen molar-refractivity contribution >= 4 is 55.7 Å². The molecule has 0 aliphatic heterocycles. The number of hydrogen-bond donors (Lipinski definition) is 1. The molecule has 1 N–H and O–H groups in total. The van der Waals surface area contributed by atoms with Gasteiger partial charge in [0.25, 0.3) is 0 Å². The lowest BCUT2D eigenvalue weighted by Gasteiger charge is -2.22. The minimum absolute atomic E-state index is 0. The van der Waals surface area contributed by atoms with Crippen LogP contribution in [-0.2, 0) is 21.1 Å². The maximum Gasteiger partial charge on any atom is 0.194 e. The van der Waals surface area contributed by atoms with Crippen LogP contribution in [0, 0.1) is 0 Å². The summed E-state index contributed by atoms with van der Waals surface area (Å²) in [6.07, 6.45) is 1.20. The normalized spacial score (nSPS) is 11.8. The average molecular weight is 548 g/mol. The summed E-state index contributed by atoms with van der Waals surface area (Å²) in [4.78, 5) is 6.55. The number of rotatable bonds is 9. The Labute approximate surface area is 176 Å². The lowest BCUT2D eigenvalue weighted by molar-refractivity contribution is 0.157. The van der Waals surface area contributed by atoms with Crippen molar-refractivity contribution in [2.45, 2.75) is 13.5 Å². The highest BCUT2D eigenvalue weighted by molar-refractivity contribution is 14.0. The first-order valence-corrected chi connectivity index (χ1v) is 10.7. The number of hydrogen-bond acceptors (Lipinski definition) is 4. The molecule has 144 valence electrons. The fraction of sp³-hybridized carbons (Fsp3) is 0.562. The van der Waals surface area contributed by atoms with Crippen molar-refractivity contribution < 1.29 is 13.2 Å². The molecular weight excluding hydrogens is 521 g/mol. The molecule has 0 radical (unpaired) electrons. The summed E-state index contributed by atoms with van der Waals surface area (Å²) in [5.41, 5.74) is 1.19. The zero-order valence-electron chi connectivity index (χ0n) is 14.9. The predicted molar refractivity (Wildman–Crippen MR) is 118 cm³/mol. The third-order valence-corrected chi connectivity index (χ3v) is 4.56. The molecule has 25 heavy (non-hydrogen) atoms. The van der Waals surface area contributed by atoms with Gasteiger partial charge in [0.1, 0.15) is 9.84 Å². The quantitative estimate of drug-likeness (QED) is 0.223. The zero-order chi connectivity index (χ0) is 18.0. The maximum atomic E-state index is 11.0. The van der Waals surface area contributed by atoms with E-state index in [4.69, 9.17) is 4.74 Å². The topological polar surface area (TPSA) is 71.0 Å². The van der Waals surface area contributed by atoms with Gasteiger partial charge in [0.2, 0.25) is 0 Å². The minimum Gasteiger partial charge on any atom is -0.378 e. The average Bonchev–Trinajstić information content (AvgIpc) is 2.50. The molecule has 0 heterocycles. The highest BCUT2D eigenvalue weighted by atomic mass is 127. The van der Waals surface area contributed by atoms with E-state index in [0.717, 1.165) is 23.5 Å². The van der Waals surface area contributed by atoms with E-state index in [0.29, 0.717) is 13.2 Å². The molecule has 0 saturated carbocycles. The van der Waals surface area contributed by atoms with Gasteiger partial charge < -0.3 is 15.0 Å². The van der Waals surface area contributed by atoms with Crippen LogP contribution in [0.5, 0.6) is 0 Å². The Morgan fingerprint density at radius 1 is 1.28 bits per heavy atom. The molecule has 9 heteroatoms. The van der Waals surface area contributed by atoms with Gasteiger partial charge in [-0.3, -0.25) is 4.99 Å². The third kappa shape index (κ3) is 11.8. The molecule has 1 aromatic rings. The van der Waals surface area contributed by atoms with E-state index < -0.39 is 9.84 Å². The summed E-state index contributed by atoms with van der Waals surface area (Å²) < 4.78 is 28.4. The maximum absolute atomic E-state index is 11.0. The van der Waals surface area contributed by atoms with Gasteiger partial charge in [-0.25, -0.2) is 8.42 Å². The van der Waals surface area contributed by atoms with Gasteiger partial charge in [-0.2, -0.15) is 0 Å². The smallest absolute Gasteiger partial charge is 0.194 e. The van der Waals surface area contributed by atoms with Crippen molar-refractivity contribution in [3.63, 3.8) is 0 Å². The molecule has 0 bridgehead atoms. The van der Waals surface area contributed by atoms with Crippen molar-refractivity contribution in [2.24, 2.45) is 4.99 Å². The lowest BCUT2D eigenvalue weighted by Crippen LogP contribution is -2.38. The first-order valence-electron chi connectivity index (χ1n) is 7.81. The Kier molecular flexibility index (Phi) is 12.7. The molecule has 6 nitrogen and oxygen atoms in total. The van der Waals surface area contributed by atoms with Crippen molar-refractivity contribution in [2.75, 3.05) is 45.4 Å². The zero-order valence-corrected chi connectivity index (χ0v) is 19.6. The summed E-state index contributed by atoms with van der Waals surface area (Å²) in [6, 6.07) is 8.17. The molecule has 0 spiro atoms. The molecule has 1 rings (SSSR count). The van der Waals surface area contributed by atoms with Gasteiger partial charge in [-0.1, -0.05) is 28.1 Å². The Morgan fingerprint density at radius 2 is 1.92 bits per heavy atom. The Balaban J connectivity index is 0.00000576. The van der Waals surface area contributed by atoms with Crippen molar-refractivity contribution in [3.8, 4) is 0 Å². The summed E-state index contributed by atoms with van der Waals surface area (Å²) >= 11 is 3.43. The Hall–Kier alpha value is -0.390. The molecular formula is C16H27BrIN3O3S. The van der Waals surface area contributed by atoms with Crippen LogP contribution in [0.25, 0.3) is 0 Å². The lowest BCUT2D eigenvalue weighted by atomic mass is 10.2. The molecule has 0 aliphatic rings. The first kappa shape index (κ1) is 24.6. The van der Waals surface area contributed by atoms with E-state index >= 15 is 0 Å². The Morgan fingerprint density at radius 3 is 2.48 bits per heavy atom. The van der Waals surface area contributed by atoms with E-state index in [2.05, 4.69) is 38.4 Å². The van der Waals surface area contributed by atoms with Gasteiger partial charge in [0.15, 0.2) is 5.96 Å². The second-order valence-corrected chi connectivity index (χ2v) is 8.64. The van der Waals surface area contributed by atoms with Crippen LogP contribution < -0.4 is 5.32 Å². The number of nitrogens with zero attached hydrogens (tertiary/aromatic N) is 2. The van der Waals surface area contributed by atoms with Gasteiger partial charge >= 0.3 is 0 Å². The predicted octanol–water partition coefficient (Wildman–Crippen LogP) is 2.53. The minimum atomic E-state index is -2.97. The molecule has 0 aromatic heterocycles. The van der Waals surface area contributed by atoms with E-state index in [1.165, 1.54) is 11.8 Å². The molecule has 0 unspecified atom stereocenters. The number of sulfone groups is 1. The number of ether oxygens (including phenoxy) is 1. The monoisotopic (exact) mass is 547 g/mol. The van der Waals surface area contributed by atoms with E-state index in [9.17, 15) is 8.42 Å². The second kappa shape index (κ2) is 12.9. The fourth-order valence-corrected chi connectivity index (χ4v) is 2.62. The third-order valence-electron chi connectivity index (χ3n) is 3.13. The van der Waals surface area contributed by atoms with Crippen LogP contribution in [0.4, 0.5) is 0 Å². The SMILES string of the molecule is CCNC(=NCCOCCS(C)(=O)=O)N(C)Cc1ccc(Br)cc1.I. The fourth-order valence-electron chi connectivity index (χ4n) is 1.94. The van der Waals surface area contributed by atoms with Crippen LogP contribution in [-0.4, -0.2) is 64.6 Å². The molecule has 0 atom stereocenters. The largest absolute Gasteiger partial charge is 0.378 e. The van der Waals surface area contributed by atoms with Gasteiger partial charge in [0, 0.05) is 30.9 Å². The number of aliphatic imine (C=N–C) groups is 1.